The number of fused-ring (bicyclic) bond motifs is 1. The molecule has 6 nitrogen and oxygen atoms in total. The Morgan fingerprint density at radius 2 is 1.92 bits per heavy atom. The van der Waals surface area contributed by atoms with Crippen molar-refractivity contribution in [1.29, 1.82) is 0 Å². The molecular formula is C18H27ClN4O2S. The lowest BCUT2D eigenvalue weighted by atomic mass is 10.1. The highest BCUT2D eigenvalue weighted by Gasteiger charge is 2.16. The third-order valence-electron chi connectivity index (χ3n) is 4.26. The number of rotatable bonds is 10. The minimum atomic E-state index is -0.455. The van der Waals surface area contributed by atoms with Crippen LogP contribution in [-0.2, 0) is 13.6 Å². The van der Waals surface area contributed by atoms with Crippen LogP contribution in [0.4, 0.5) is 0 Å². The molecule has 0 saturated carbocycles. The number of aryl methyl sites for hydroxylation is 1. The average Bonchev–Trinajstić information content (AvgIpc) is 2.96. The number of nitrogens with zero attached hydrogens (tertiary/aromatic N) is 3. The minimum absolute atomic E-state index is 0.407. The van der Waals surface area contributed by atoms with Gasteiger partial charge in [-0.3, -0.25) is 14.3 Å². The van der Waals surface area contributed by atoms with E-state index in [4.69, 9.17) is 11.6 Å². The van der Waals surface area contributed by atoms with Crippen molar-refractivity contribution in [3.63, 3.8) is 0 Å². The fourth-order valence-electron chi connectivity index (χ4n) is 2.76. The van der Waals surface area contributed by atoms with E-state index in [1.54, 1.807) is 25.7 Å². The van der Waals surface area contributed by atoms with E-state index >= 15 is 0 Å². The second-order valence-electron chi connectivity index (χ2n) is 6.40. The van der Waals surface area contributed by atoms with Crippen LogP contribution in [0.5, 0.6) is 0 Å². The monoisotopic (exact) mass is 398 g/mol. The first-order valence-electron chi connectivity index (χ1n) is 9.10. The van der Waals surface area contributed by atoms with Crippen molar-refractivity contribution in [2.24, 2.45) is 7.05 Å². The molecule has 0 spiro atoms. The predicted octanol–water partition coefficient (Wildman–Crippen LogP) is 4.02. The van der Waals surface area contributed by atoms with Crippen LogP contribution >= 0.6 is 23.4 Å². The highest BCUT2D eigenvalue weighted by Crippen LogP contribution is 2.23. The lowest BCUT2D eigenvalue weighted by Gasteiger charge is -2.06. The molecule has 0 bridgehead atoms. The molecule has 1 N–H and O–H groups in total. The van der Waals surface area contributed by atoms with Crippen LogP contribution in [0.25, 0.3) is 11.2 Å². The van der Waals surface area contributed by atoms with E-state index in [0.717, 1.165) is 17.3 Å². The number of nitrogens with one attached hydrogen (secondary N) is 1. The van der Waals surface area contributed by atoms with Gasteiger partial charge in [0.15, 0.2) is 16.3 Å². The molecule has 0 atom stereocenters. The van der Waals surface area contributed by atoms with E-state index in [1.165, 1.54) is 36.7 Å². The first kappa shape index (κ1) is 20.8. The van der Waals surface area contributed by atoms with Crippen molar-refractivity contribution in [3.8, 4) is 0 Å². The number of aromatic nitrogens is 4. The van der Waals surface area contributed by atoms with Crippen LogP contribution < -0.4 is 11.2 Å². The highest BCUT2D eigenvalue weighted by atomic mass is 35.5. The number of thioether (sulfide) groups is 1. The van der Waals surface area contributed by atoms with E-state index in [-0.39, 0.29) is 0 Å². The molecule has 0 aliphatic rings. The normalized spacial score (nSPS) is 12.2. The molecule has 144 valence electrons. The fourth-order valence-corrected chi connectivity index (χ4v) is 3.83. The van der Waals surface area contributed by atoms with Gasteiger partial charge in [0.2, 0.25) is 0 Å². The summed E-state index contributed by atoms with van der Waals surface area (Å²) in [5.74, 6) is 0.935. The fraction of sp³-hybridized carbons (Fsp3) is 0.611. The van der Waals surface area contributed by atoms with Gasteiger partial charge in [-0.25, -0.2) is 9.78 Å². The molecule has 0 aliphatic carbocycles. The van der Waals surface area contributed by atoms with Crippen LogP contribution in [0.3, 0.4) is 0 Å². The maximum Gasteiger partial charge on any atom is 0.329 e. The Bertz CT molecular complexity index is 878. The Balaban J connectivity index is 2.21. The van der Waals surface area contributed by atoms with Crippen molar-refractivity contribution in [3.05, 3.63) is 31.9 Å². The minimum Gasteiger partial charge on any atom is -0.309 e. The van der Waals surface area contributed by atoms with Gasteiger partial charge in [0.25, 0.3) is 5.56 Å². The Labute approximate surface area is 162 Å². The number of aromatic amines is 1. The van der Waals surface area contributed by atoms with Crippen LogP contribution in [0.15, 0.2) is 25.9 Å². The molecule has 2 heterocycles. The summed E-state index contributed by atoms with van der Waals surface area (Å²) in [4.78, 5) is 31.1. The van der Waals surface area contributed by atoms with E-state index in [2.05, 4.69) is 16.9 Å². The van der Waals surface area contributed by atoms with Crippen molar-refractivity contribution in [1.82, 2.24) is 19.1 Å². The number of imidazole rings is 1. The largest absolute Gasteiger partial charge is 0.329 e. The number of hydrogen-bond donors (Lipinski definition) is 1. The zero-order valence-electron chi connectivity index (χ0n) is 15.7. The summed E-state index contributed by atoms with van der Waals surface area (Å²) in [6.45, 7) is 4.46. The summed E-state index contributed by atoms with van der Waals surface area (Å²) < 4.78 is 3.21. The third-order valence-corrected chi connectivity index (χ3v) is 5.47. The van der Waals surface area contributed by atoms with E-state index in [0.29, 0.717) is 22.7 Å². The molecule has 26 heavy (non-hydrogen) atoms. The lowest BCUT2D eigenvalue weighted by Crippen LogP contribution is -2.29. The third kappa shape index (κ3) is 5.27. The van der Waals surface area contributed by atoms with Crippen LogP contribution in [0.2, 0.25) is 0 Å². The Hall–Kier alpha value is -1.47. The molecule has 2 aromatic heterocycles. The highest BCUT2D eigenvalue weighted by molar-refractivity contribution is 7.99. The van der Waals surface area contributed by atoms with Gasteiger partial charge in [-0.2, -0.15) is 0 Å². The summed E-state index contributed by atoms with van der Waals surface area (Å²) >= 11 is 7.58. The zero-order chi connectivity index (χ0) is 19.1. The average molecular weight is 399 g/mol. The molecule has 0 aliphatic heterocycles. The Morgan fingerprint density at radius 1 is 1.23 bits per heavy atom. The number of halogens is 1. The van der Waals surface area contributed by atoms with Crippen molar-refractivity contribution in [2.45, 2.75) is 64.1 Å². The van der Waals surface area contributed by atoms with Gasteiger partial charge in [0.1, 0.15) is 0 Å². The second-order valence-corrected chi connectivity index (χ2v) is 8.06. The van der Waals surface area contributed by atoms with E-state index in [1.807, 2.05) is 10.6 Å². The van der Waals surface area contributed by atoms with Gasteiger partial charge in [0, 0.05) is 24.4 Å². The van der Waals surface area contributed by atoms with Crippen molar-refractivity contribution in [2.75, 3.05) is 5.75 Å². The SMILES string of the molecule is CCCCCCCCSc1nc2c(c(=O)[nH]c(=O)n2C)n1CC=C(C)Cl. The van der Waals surface area contributed by atoms with Gasteiger partial charge in [-0.05, 0) is 13.3 Å². The molecule has 0 unspecified atom stereocenters. The van der Waals surface area contributed by atoms with Gasteiger partial charge in [0.05, 0.1) is 0 Å². The van der Waals surface area contributed by atoms with Crippen molar-refractivity contribution < 1.29 is 0 Å². The molecule has 0 aromatic carbocycles. The molecule has 0 fully saturated rings. The topological polar surface area (TPSA) is 72.7 Å². The first-order valence-corrected chi connectivity index (χ1v) is 10.5. The molecular weight excluding hydrogens is 372 g/mol. The van der Waals surface area contributed by atoms with Crippen molar-refractivity contribution >= 4 is 34.5 Å². The summed E-state index contributed by atoms with van der Waals surface area (Å²) in [5.41, 5.74) is -0.0529. The van der Waals surface area contributed by atoms with Gasteiger partial charge in [-0.1, -0.05) is 68.5 Å². The maximum atomic E-state index is 12.3. The van der Waals surface area contributed by atoms with Gasteiger partial charge in [-0.15, -0.1) is 0 Å². The summed E-state index contributed by atoms with van der Waals surface area (Å²) in [5, 5.41) is 1.40. The van der Waals surface area contributed by atoms with E-state index in [9.17, 15) is 9.59 Å². The molecule has 2 aromatic rings. The van der Waals surface area contributed by atoms with Crippen LogP contribution in [0.1, 0.15) is 52.4 Å². The Morgan fingerprint density at radius 3 is 2.62 bits per heavy atom. The van der Waals surface area contributed by atoms with Gasteiger partial charge >= 0.3 is 5.69 Å². The number of unbranched alkanes of at least 4 members (excludes halogenated alkanes) is 5. The summed E-state index contributed by atoms with van der Waals surface area (Å²) in [7, 11) is 1.61. The quantitative estimate of drug-likeness (QED) is 0.484. The number of H-pyrrole nitrogens is 1. The van der Waals surface area contributed by atoms with Gasteiger partial charge < -0.3 is 4.57 Å². The number of hydrogen-bond acceptors (Lipinski definition) is 4. The molecule has 0 radical (unpaired) electrons. The summed E-state index contributed by atoms with van der Waals surface area (Å²) in [6, 6.07) is 0. The maximum absolute atomic E-state index is 12.3. The second kappa shape index (κ2) is 10.0. The molecule has 0 saturated heterocycles. The lowest BCUT2D eigenvalue weighted by molar-refractivity contribution is 0.626. The first-order chi connectivity index (χ1) is 12.5. The smallest absolute Gasteiger partial charge is 0.309 e. The molecule has 0 amide bonds. The van der Waals surface area contributed by atoms with Crippen LogP contribution in [-0.4, -0.2) is 24.9 Å². The molecule has 2 rings (SSSR count). The van der Waals surface area contributed by atoms with E-state index < -0.39 is 11.2 Å². The Kier molecular flexibility index (Phi) is 8.03. The van der Waals surface area contributed by atoms with Crippen LogP contribution in [0, 0.1) is 0 Å². The zero-order valence-corrected chi connectivity index (χ0v) is 17.3. The number of allylic oxidation sites excluding steroid dienone is 2. The molecule has 8 heteroatoms. The summed E-state index contributed by atoms with van der Waals surface area (Å²) in [6.07, 6.45) is 9.24. The standard InChI is InChI=1S/C18H27ClN4O2S/c1-4-5-6-7-8-9-12-26-18-20-15-14(23(18)11-10-13(2)19)16(24)21-17(25)22(15)3/h10H,4-9,11-12H2,1-3H3,(H,21,24,25). The predicted molar refractivity (Wildman–Crippen MR) is 109 cm³/mol.